The first kappa shape index (κ1) is 15.7. The van der Waals surface area contributed by atoms with Crippen LogP contribution in [0.2, 0.25) is 0 Å². The molecule has 0 bridgehead atoms. The predicted octanol–water partition coefficient (Wildman–Crippen LogP) is 4.16. The lowest BCUT2D eigenvalue weighted by Crippen LogP contribution is -2.27. The quantitative estimate of drug-likeness (QED) is 0.626. The van der Waals surface area contributed by atoms with Crippen LogP contribution in [0.5, 0.6) is 0 Å². The molecule has 0 saturated carbocycles. The SMILES string of the molecule is CCNC(C)Cc1ccc(-c2ccc([N+](=O)[O-])cc2Br)o1. The molecule has 0 saturated heterocycles. The van der Waals surface area contributed by atoms with Gasteiger partial charge in [-0.3, -0.25) is 10.1 Å². The van der Waals surface area contributed by atoms with E-state index in [-0.39, 0.29) is 5.69 Å². The number of benzene rings is 1. The fourth-order valence-corrected chi connectivity index (χ4v) is 2.73. The molecule has 5 nitrogen and oxygen atoms in total. The van der Waals surface area contributed by atoms with Gasteiger partial charge in [-0.05, 0) is 47.6 Å². The van der Waals surface area contributed by atoms with Crippen LogP contribution in [0, 0.1) is 10.1 Å². The smallest absolute Gasteiger partial charge is 0.270 e. The number of likely N-dealkylation sites (N-methyl/N-ethyl adjacent to an activating group) is 1. The van der Waals surface area contributed by atoms with Crippen molar-refractivity contribution in [2.45, 2.75) is 26.3 Å². The molecule has 1 heterocycles. The summed E-state index contributed by atoms with van der Waals surface area (Å²) in [5.74, 6) is 1.60. The molecule has 1 atom stereocenters. The number of hydrogen-bond donors (Lipinski definition) is 1. The Morgan fingerprint density at radius 3 is 2.76 bits per heavy atom. The Hall–Kier alpha value is -1.66. The Morgan fingerprint density at radius 1 is 1.38 bits per heavy atom. The molecule has 0 amide bonds. The van der Waals surface area contributed by atoms with Crippen LogP contribution in [0.15, 0.2) is 39.2 Å². The molecule has 21 heavy (non-hydrogen) atoms. The summed E-state index contributed by atoms with van der Waals surface area (Å²) in [5, 5.41) is 14.1. The van der Waals surface area contributed by atoms with Gasteiger partial charge in [0, 0.05) is 34.6 Å². The summed E-state index contributed by atoms with van der Waals surface area (Å²) in [7, 11) is 0. The van der Waals surface area contributed by atoms with Crippen molar-refractivity contribution in [1.82, 2.24) is 5.32 Å². The molecule has 6 heteroatoms. The van der Waals surface area contributed by atoms with Gasteiger partial charge in [-0.15, -0.1) is 0 Å². The zero-order valence-corrected chi connectivity index (χ0v) is 13.5. The molecule has 0 radical (unpaired) electrons. The summed E-state index contributed by atoms with van der Waals surface area (Å²) in [6.45, 7) is 5.09. The van der Waals surface area contributed by atoms with Crippen molar-refractivity contribution in [3.63, 3.8) is 0 Å². The van der Waals surface area contributed by atoms with Crippen LogP contribution in [0.4, 0.5) is 5.69 Å². The zero-order chi connectivity index (χ0) is 15.4. The van der Waals surface area contributed by atoms with E-state index in [0.717, 1.165) is 24.3 Å². The third-order valence-electron chi connectivity index (χ3n) is 3.15. The minimum absolute atomic E-state index is 0.0539. The molecule has 2 aromatic rings. The molecule has 0 aliphatic rings. The maximum Gasteiger partial charge on any atom is 0.270 e. The van der Waals surface area contributed by atoms with Gasteiger partial charge in [-0.1, -0.05) is 6.92 Å². The lowest BCUT2D eigenvalue weighted by molar-refractivity contribution is -0.384. The standard InChI is InChI=1S/C15H17BrN2O3/c1-3-17-10(2)8-12-5-7-15(21-12)13-6-4-11(18(19)20)9-14(13)16/h4-7,9-10,17H,3,8H2,1-2H3. The highest BCUT2D eigenvalue weighted by Gasteiger charge is 2.14. The molecule has 0 aliphatic carbocycles. The topological polar surface area (TPSA) is 68.3 Å². The van der Waals surface area contributed by atoms with Crippen molar-refractivity contribution >= 4 is 21.6 Å². The van der Waals surface area contributed by atoms with Gasteiger partial charge in [0.25, 0.3) is 5.69 Å². The first-order valence-corrected chi connectivity index (χ1v) is 7.57. The second kappa shape index (κ2) is 6.87. The second-order valence-electron chi connectivity index (χ2n) is 4.85. The summed E-state index contributed by atoms with van der Waals surface area (Å²) in [5.41, 5.74) is 0.862. The zero-order valence-electron chi connectivity index (χ0n) is 11.9. The molecular formula is C15H17BrN2O3. The third-order valence-corrected chi connectivity index (χ3v) is 3.81. The summed E-state index contributed by atoms with van der Waals surface area (Å²) in [4.78, 5) is 10.3. The Balaban J connectivity index is 2.19. The lowest BCUT2D eigenvalue weighted by atomic mass is 10.1. The van der Waals surface area contributed by atoms with Crippen molar-refractivity contribution in [1.29, 1.82) is 0 Å². The maximum absolute atomic E-state index is 10.7. The Morgan fingerprint density at radius 2 is 2.14 bits per heavy atom. The van der Waals surface area contributed by atoms with Crippen molar-refractivity contribution in [3.05, 3.63) is 50.7 Å². The number of nitrogens with zero attached hydrogens (tertiary/aromatic N) is 1. The molecule has 0 spiro atoms. The van der Waals surface area contributed by atoms with E-state index in [0.29, 0.717) is 16.3 Å². The van der Waals surface area contributed by atoms with Crippen LogP contribution in [-0.2, 0) is 6.42 Å². The van der Waals surface area contributed by atoms with Crippen LogP contribution < -0.4 is 5.32 Å². The van der Waals surface area contributed by atoms with Crippen LogP contribution in [0.3, 0.4) is 0 Å². The molecule has 1 N–H and O–H groups in total. The maximum atomic E-state index is 10.7. The van der Waals surface area contributed by atoms with Crippen molar-refractivity contribution in [3.8, 4) is 11.3 Å². The van der Waals surface area contributed by atoms with Gasteiger partial charge >= 0.3 is 0 Å². The molecule has 0 fully saturated rings. The van der Waals surface area contributed by atoms with Gasteiger partial charge in [0.05, 0.1) is 4.92 Å². The number of furan rings is 1. The van der Waals surface area contributed by atoms with Crippen molar-refractivity contribution in [2.75, 3.05) is 6.54 Å². The lowest BCUT2D eigenvalue weighted by Gasteiger charge is -2.09. The number of nitro groups is 1. The van der Waals surface area contributed by atoms with E-state index in [1.54, 1.807) is 6.07 Å². The van der Waals surface area contributed by atoms with Crippen LogP contribution in [0.25, 0.3) is 11.3 Å². The third kappa shape index (κ3) is 3.92. The minimum atomic E-state index is -0.416. The highest BCUT2D eigenvalue weighted by atomic mass is 79.9. The fourth-order valence-electron chi connectivity index (χ4n) is 2.17. The summed E-state index contributed by atoms with van der Waals surface area (Å²) in [6, 6.07) is 8.83. The highest BCUT2D eigenvalue weighted by Crippen LogP contribution is 2.32. The molecule has 1 aromatic carbocycles. The minimum Gasteiger partial charge on any atom is -0.461 e. The monoisotopic (exact) mass is 352 g/mol. The number of nitrogens with one attached hydrogen (secondary N) is 1. The van der Waals surface area contributed by atoms with E-state index in [1.165, 1.54) is 12.1 Å². The van der Waals surface area contributed by atoms with Crippen LogP contribution >= 0.6 is 15.9 Å². The molecule has 1 aromatic heterocycles. The van der Waals surface area contributed by atoms with Gasteiger partial charge in [0.2, 0.25) is 0 Å². The fraction of sp³-hybridized carbons (Fsp3) is 0.333. The van der Waals surface area contributed by atoms with Crippen molar-refractivity contribution in [2.24, 2.45) is 0 Å². The predicted molar refractivity (Wildman–Crippen MR) is 85.3 cm³/mol. The number of rotatable bonds is 6. The molecular weight excluding hydrogens is 336 g/mol. The number of hydrogen-bond acceptors (Lipinski definition) is 4. The Labute approximate surface area is 131 Å². The average Bonchev–Trinajstić information content (AvgIpc) is 2.86. The largest absolute Gasteiger partial charge is 0.461 e. The van der Waals surface area contributed by atoms with E-state index in [9.17, 15) is 10.1 Å². The average molecular weight is 353 g/mol. The van der Waals surface area contributed by atoms with Gasteiger partial charge < -0.3 is 9.73 Å². The van der Waals surface area contributed by atoms with E-state index in [2.05, 4.69) is 35.1 Å². The number of nitro benzene ring substituents is 1. The molecule has 0 aliphatic heterocycles. The number of halogens is 1. The van der Waals surface area contributed by atoms with E-state index in [4.69, 9.17) is 4.42 Å². The van der Waals surface area contributed by atoms with Crippen molar-refractivity contribution < 1.29 is 9.34 Å². The first-order chi connectivity index (χ1) is 10.0. The number of non-ortho nitro benzene ring substituents is 1. The molecule has 112 valence electrons. The van der Waals surface area contributed by atoms with Gasteiger partial charge in [0.1, 0.15) is 11.5 Å². The van der Waals surface area contributed by atoms with Crippen LogP contribution in [-0.4, -0.2) is 17.5 Å². The molecule has 2 rings (SSSR count). The summed E-state index contributed by atoms with van der Waals surface area (Å²) < 4.78 is 6.48. The first-order valence-electron chi connectivity index (χ1n) is 6.77. The van der Waals surface area contributed by atoms with E-state index >= 15 is 0 Å². The summed E-state index contributed by atoms with van der Waals surface area (Å²) in [6.07, 6.45) is 0.804. The Bertz CT molecular complexity index is 640. The molecule has 1 unspecified atom stereocenters. The summed E-state index contributed by atoms with van der Waals surface area (Å²) >= 11 is 3.36. The van der Waals surface area contributed by atoms with Gasteiger partial charge in [0.15, 0.2) is 0 Å². The van der Waals surface area contributed by atoms with Gasteiger partial charge in [-0.25, -0.2) is 0 Å². The Kier molecular flexibility index (Phi) is 5.14. The normalized spacial score (nSPS) is 12.3. The van der Waals surface area contributed by atoms with E-state index < -0.39 is 4.92 Å². The van der Waals surface area contributed by atoms with Crippen LogP contribution in [0.1, 0.15) is 19.6 Å². The highest BCUT2D eigenvalue weighted by molar-refractivity contribution is 9.10. The second-order valence-corrected chi connectivity index (χ2v) is 5.70. The van der Waals surface area contributed by atoms with E-state index in [1.807, 2.05) is 12.1 Å². The van der Waals surface area contributed by atoms with Gasteiger partial charge in [-0.2, -0.15) is 0 Å².